The van der Waals surface area contributed by atoms with Crippen LogP contribution in [0.2, 0.25) is 5.02 Å². The lowest BCUT2D eigenvalue weighted by Crippen LogP contribution is -2.17. The Bertz CT molecular complexity index is 550. The maximum Gasteiger partial charge on any atom is 0.417 e. The third-order valence-electron chi connectivity index (χ3n) is 2.57. The van der Waals surface area contributed by atoms with Gasteiger partial charge in [0.15, 0.2) is 0 Å². The molecule has 0 aliphatic rings. The van der Waals surface area contributed by atoms with Gasteiger partial charge < -0.3 is 5.73 Å². The fourth-order valence-electron chi connectivity index (χ4n) is 1.67. The molecule has 2 aromatic rings. The lowest BCUT2D eigenvalue weighted by molar-refractivity contribution is -0.138. The molecule has 0 aliphatic carbocycles. The maximum absolute atomic E-state index is 12.8. The van der Waals surface area contributed by atoms with Crippen molar-refractivity contribution in [2.75, 3.05) is 0 Å². The normalized spacial score (nSPS) is 13.6. The fourth-order valence-corrected chi connectivity index (χ4v) is 2.82. The number of hydrogen-bond donors (Lipinski definition) is 1. The van der Waals surface area contributed by atoms with Crippen LogP contribution in [0.1, 0.15) is 22.7 Å². The van der Waals surface area contributed by atoms with Crippen LogP contribution < -0.4 is 5.73 Å². The van der Waals surface area contributed by atoms with Gasteiger partial charge in [-0.3, -0.25) is 0 Å². The van der Waals surface area contributed by atoms with E-state index in [-0.39, 0.29) is 5.56 Å². The number of alkyl halides is 3. The zero-order valence-electron chi connectivity index (χ0n) is 9.04. The van der Waals surface area contributed by atoms with Gasteiger partial charge in [0.25, 0.3) is 0 Å². The molecule has 96 valence electrons. The average Bonchev–Trinajstić information content (AvgIpc) is 2.77. The van der Waals surface area contributed by atoms with E-state index in [1.165, 1.54) is 5.38 Å². The van der Waals surface area contributed by atoms with Crippen LogP contribution in [-0.4, -0.2) is 0 Å². The molecule has 0 fully saturated rings. The Hall–Kier alpha value is -1.04. The summed E-state index contributed by atoms with van der Waals surface area (Å²) in [6.07, 6.45) is -4.39. The van der Waals surface area contributed by atoms with Crippen LogP contribution in [0.15, 0.2) is 35.0 Å². The van der Waals surface area contributed by atoms with Crippen LogP contribution in [0.3, 0.4) is 0 Å². The molecule has 1 nitrogen and oxygen atoms in total. The molecule has 6 heteroatoms. The van der Waals surface area contributed by atoms with Crippen LogP contribution >= 0.6 is 22.9 Å². The summed E-state index contributed by atoms with van der Waals surface area (Å²) >= 11 is 6.92. The largest absolute Gasteiger partial charge is 0.417 e. The number of nitrogens with two attached hydrogens (primary N) is 1. The van der Waals surface area contributed by atoms with E-state index in [1.807, 2.05) is 0 Å². The fraction of sp³-hybridized carbons (Fsp3) is 0.167. The monoisotopic (exact) mass is 291 g/mol. The first-order valence-corrected chi connectivity index (χ1v) is 6.36. The first kappa shape index (κ1) is 13.4. The molecule has 0 amide bonds. The summed E-state index contributed by atoms with van der Waals surface area (Å²) in [6.45, 7) is 0. The summed E-state index contributed by atoms with van der Waals surface area (Å²) in [4.78, 5) is 0. The minimum Gasteiger partial charge on any atom is -0.320 e. The van der Waals surface area contributed by atoms with Crippen molar-refractivity contribution in [1.29, 1.82) is 0 Å². The Morgan fingerprint density at radius 2 is 1.78 bits per heavy atom. The summed E-state index contributed by atoms with van der Waals surface area (Å²) in [6, 6.07) is 5.76. The lowest BCUT2D eigenvalue weighted by atomic mass is 9.98. The number of rotatable bonds is 2. The van der Waals surface area contributed by atoms with Crippen LogP contribution in [-0.2, 0) is 6.18 Å². The van der Waals surface area contributed by atoms with E-state index in [0.29, 0.717) is 10.6 Å². The smallest absolute Gasteiger partial charge is 0.320 e. The molecule has 0 radical (unpaired) electrons. The van der Waals surface area contributed by atoms with E-state index in [9.17, 15) is 13.2 Å². The van der Waals surface area contributed by atoms with Crippen molar-refractivity contribution in [2.24, 2.45) is 5.73 Å². The highest BCUT2D eigenvalue weighted by Crippen LogP contribution is 2.39. The van der Waals surface area contributed by atoms with E-state index in [0.717, 1.165) is 16.7 Å². The van der Waals surface area contributed by atoms with E-state index >= 15 is 0 Å². The quantitative estimate of drug-likeness (QED) is 0.868. The molecule has 1 atom stereocenters. The number of hydrogen-bond acceptors (Lipinski definition) is 2. The van der Waals surface area contributed by atoms with Gasteiger partial charge in [-0.1, -0.05) is 29.8 Å². The third kappa shape index (κ3) is 2.53. The van der Waals surface area contributed by atoms with E-state index in [4.69, 9.17) is 17.3 Å². The summed E-state index contributed by atoms with van der Waals surface area (Å²) in [5.41, 5.74) is 5.73. The van der Waals surface area contributed by atoms with E-state index < -0.39 is 17.8 Å². The van der Waals surface area contributed by atoms with Crippen LogP contribution in [0, 0.1) is 0 Å². The van der Waals surface area contributed by atoms with Crippen molar-refractivity contribution in [3.63, 3.8) is 0 Å². The second kappa shape index (κ2) is 4.91. The molecule has 0 saturated heterocycles. The molecule has 0 aliphatic heterocycles. The van der Waals surface area contributed by atoms with Gasteiger partial charge in [0, 0.05) is 10.4 Å². The Balaban J connectivity index is 2.45. The second-order valence-corrected chi connectivity index (χ2v) is 4.89. The topological polar surface area (TPSA) is 26.0 Å². The molecule has 2 N–H and O–H groups in total. The zero-order chi connectivity index (χ0) is 13.3. The number of halogens is 4. The Kier molecular flexibility index (Phi) is 3.66. The molecule has 1 heterocycles. The Labute approximate surface area is 111 Å². The van der Waals surface area contributed by atoms with Crippen molar-refractivity contribution in [3.05, 3.63) is 56.7 Å². The molecule has 0 spiro atoms. The van der Waals surface area contributed by atoms with Gasteiger partial charge in [0.1, 0.15) is 0 Å². The van der Waals surface area contributed by atoms with E-state index in [2.05, 4.69) is 0 Å². The van der Waals surface area contributed by atoms with Crippen molar-refractivity contribution in [1.82, 2.24) is 0 Å². The molecular weight excluding hydrogens is 283 g/mol. The van der Waals surface area contributed by atoms with Crippen molar-refractivity contribution < 1.29 is 13.2 Å². The highest BCUT2D eigenvalue weighted by molar-refractivity contribution is 7.08. The molecular formula is C12H9ClF3NS. The van der Waals surface area contributed by atoms with Crippen LogP contribution in [0.25, 0.3) is 0 Å². The lowest BCUT2D eigenvalue weighted by Gasteiger charge is -2.16. The summed E-state index contributed by atoms with van der Waals surface area (Å²) in [5.74, 6) is 0. The molecule has 2 rings (SSSR count). The summed E-state index contributed by atoms with van der Waals surface area (Å²) in [7, 11) is 0. The van der Waals surface area contributed by atoms with Crippen molar-refractivity contribution >= 4 is 22.9 Å². The SMILES string of the molecule is NC(c1ccccc1Cl)c1cscc1C(F)(F)F. The Morgan fingerprint density at radius 3 is 2.39 bits per heavy atom. The van der Waals surface area contributed by atoms with Gasteiger partial charge >= 0.3 is 6.18 Å². The maximum atomic E-state index is 12.8. The van der Waals surface area contributed by atoms with Gasteiger partial charge in [0.05, 0.1) is 11.6 Å². The van der Waals surface area contributed by atoms with Crippen LogP contribution in [0.4, 0.5) is 13.2 Å². The average molecular weight is 292 g/mol. The van der Waals surface area contributed by atoms with Crippen molar-refractivity contribution in [2.45, 2.75) is 12.2 Å². The minimum atomic E-state index is -4.39. The highest BCUT2D eigenvalue weighted by Gasteiger charge is 2.35. The van der Waals surface area contributed by atoms with Crippen molar-refractivity contribution in [3.8, 4) is 0 Å². The zero-order valence-corrected chi connectivity index (χ0v) is 10.6. The van der Waals surface area contributed by atoms with Gasteiger partial charge in [-0.15, -0.1) is 0 Å². The first-order chi connectivity index (χ1) is 8.41. The molecule has 0 saturated carbocycles. The molecule has 1 aromatic heterocycles. The van der Waals surface area contributed by atoms with E-state index in [1.54, 1.807) is 24.3 Å². The molecule has 1 aromatic carbocycles. The summed E-state index contributed by atoms with van der Waals surface area (Å²) in [5, 5.41) is 2.84. The minimum absolute atomic E-state index is 0.0561. The number of benzene rings is 1. The van der Waals surface area contributed by atoms with Crippen LogP contribution in [0.5, 0.6) is 0 Å². The Morgan fingerprint density at radius 1 is 1.11 bits per heavy atom. The predicted octanol–water partition coefficient (Wildman–Crippen LogP) is 4.47. The second-order valence-electron chi connectivity index (χ2n) is 3.74. The first-order valence-electron chi connectivity index (χ1n) is 5.04. The predicted molar refractivity (Wildman–Crippen MR) is 66.8 cm³/mol. The van der Waals surface area contributed by atoms with Gasteiger partial charge in [-0.05, 0) is 22.6 Å². The highest BCUT2D eigenvalue weighted by atomic mass is 35.5. The summed E-state index contributed by atoms with van der Waals surface area (Å²) < 4.78 is 38.3. The molecule has 1 unspecified atom stereocenters. The van der Waals surface area contributed by atoms with Gasteiger partial charge in [-0.2, -0.15) is 24.5 Å². The van der Waals surface area contributed by atoms with Gasteiger partial charge in [0.2, 0.25) is 0 Å². The third-order valence-corrected chi connectivity index (χ3v) is 3.68. The molecule has 18 heavy (non-hydrogen) atoms. The molecule has 0 bridgehead atoms. The standard InChI is InChI=1S/C12H9ClF3NS/c13-10-4-2-1-3-7(10)11(17)8-5-18-6-9(8)12(14,15)16/h1-6,11H,17H2. The van der Waals surface area contributed by atoms with Gasteiger partial charge in [-0.25, -0.2) is 0 Å². The number of thiophene rings is 1.